The SMILES string of the molecule is CCCNC(CCc1ccc(C)cc1)c1ccc(F)cc1. The Bertz CT molecular complexity index is 530. The Labute approximate surface area is 127 Å². The number of halogens is 1. The Morgan fingerprint density at radius 3 is 2.29 bits per heavy atom. The molecule has 1 atom stereocenters. The molecule has 21 heavy (non-hydrogen) atoms. The average molecular weight is 285 g/mol. The van der Waals surface area contributed by atoms with E-state index >= 15 is 0 Å². The van der Waals surface area contributed by atoms with Crippen molar-refractivity contribution in [1.82, 2.24) is 5.32 Å². The molecule has 112 valence electrons. The molecule has 0 spiro atoms. The standard InChI is InChI=1S/C19H24FN/c1-3-14-21-19(17-9-11-18(20)12-10-17)13-8-16-6-4-15(2)5-7-16/h4-7,9-12,19,21H,3,8,13-14H2,1-2H3. The van der Waals surface area contributed by atoms with E-state index in [-0.39, 0.29) is 11.9 Å². The van der Waals surface area contributed by atoms with Crippen molar-refractivity contribution in [1.29, 1.82) is 0 Å². The van der Waals surface area contributed by atoms with Gasteiger partial charge in [-0.05, 0) is 56.0 Å². The summed E-state index contributed by atoms with van der Waals surface area (Å²) in [6, 6.07) is 15.8. The summed E-state index contributed by atoms with van der Waals surface area (Å²) < 4.78 is 13.1. The third-order valence-electron chi connectivity index (χ3n) is 3.76. The van der Waals surface area contributed by atoms with Gasteiger partial charge in [0.1, 0.15) is 5.82 Å². The molecule has 2 rings (SSSR count). The van der Waals surface area contributed by atoms with Crippen LogP contribution in [0.2, 0.25) is 0 Å². The first kappa shape index (κ1) is 15.7. The highest BCUT2D eigenvalue weighted by Gasteiger charge is 2.10. The summed E-state index contributed by atoms with van der Waals surface area (Å²) in [5.41, 5.74) is 3.81. The van der Waals surface area contributed by atoms with Gasteiger partial charge in [-0.2, -0.15) is 0 Å². The zero-order chi connectivity index (χ0) is 15.1. The van der Waals surface area contributed by atoms with Crippen LogP contribution in [0.1, 0.15) is 42.5 Å². The maximum absolute atomic E-state index is 13.1. The first-order valence-electron chi connectivity index (χ1n) is 7.73. The van der Waals surface area contributed by atoms with Gasteiger partial charge >= 0.3 is 0 Å². The largest absolute Gasteiger partial charge is 0.310 e. The van der Waals surface area contributed by atoms with Gasteiger partial charge < -0.3 is 5.32 Å². The molecule has 2 heteroatoms. The molecule has 0 saturated carbocycles. The second kappa shape index (κ2) is 7.94. The molecule has 0 fully saturated rings. The van der Waals surface area contributed by atoms with E-state index in [1.165, 1.54) is 11.1 Å². The Morgan fingerprint density at radius 1 is 1.00 bits per heavy atom. The van der Waals surface area contributed by atoms with Crippen molar-refractivity contribution in [3.8, 4) is 0 Å². The van der Waals surface area contributed by atoms with Crippen LogP contribution in [0.25, 0.3) is 0 Å². The Hall–Kier alpha value is -1.67. The lowest BCUT2D eigenvalue weighted by Crippen LogP contribution is -2.22. The predicted octanol–water partition coefficient (Wildman–Crippen LogP) is 4.81. The van der Waals surface area contributed by atoms with E-state index < -0.39 is 0 Å². The Balaban J connectivity index is 2.02. The second-order valence-corrected chi connectivity index (χ2v) is 5.58. The zero-order valence-corrected chi connectivity index (χ0v) is 12.9. The van der Waals surface area contributed by atoms with Gasteiger partial charge in [0.2, 0.25) is 0 Å². The van der Waals surface area contributed by atoms with Gasteiger partial charge in [0, 0.05) is 6.04 Å². The quantitative estimate of drug-likeness (QED) is 0.770. The maximum atomic E-state index is 13.1. The molecule has 0 aromatic heterocycles. The van der Waals surface area contributed by atoms with Crippen LogP contribution in [-0.4, -0.2) is 6.54 Å². The number of rotatable bonds is 7. The summed E-state index contributed by atoms with van der Waals surface area (Å²) >= 11 is 0. The van der Waals surface area contributed by atoms with Gasteiger partial charge in [0.05, 0.1) is 0 Å². The van der Waals surface area contributed by atoms with E-state index in [9.17, 15) is 4.39 Å². The molecular weight excluding hydrogens is 261 g/mol. The molecule has 0 heterocycles. The van der Waals surface area contributed by atoms with Gasteiger partial charge in [-0.15, -0.1) is 0 Å². The fourth-order valence-corrected chi connectivity index (χ4v) is 2.47. The molecule has 0 aliphatic rings. The number of hydrogen-bond donors (Lipinski definition) is 1. The molecule has 0 amide bonds. The van der Waals surface area contributed by atoms with Gasteiger partial charge in [-0.25, -0.2) is 4.39 Å². The van der Waals surface area contributed by atoms with E-state index in [0.29, 0.717) is 0 Å². The summed E-state index contributed by atoms with van der Waals surface area (Å²) in [4.78, 5) is 0. The van der Waals surface area contributed by atoms with Crippen LogP contribution in [0.15, 0.2) is 48.5 Å². The lowest BCUT2D eigenvalue weighted by Gasteiger charge is -2.19. The minimum absolute atomic E-state index is 0.175. The van der Waals surface area contributed by atoms with Gasteiger partial charge in [-0.1, -0.05) is 48.9 Å². The van der Waals surface area contributed by atoms with Crippen LogP contribution in [-0.2, 0) is 6.42 Å². The molecule has 0 aliphatic heterocycles. The summed E-state index contributed by atoms with van der Waals surface area (Å²) in [5.74, 6) is -0.175. The van der Waals surface area contributed by atoms with Crippen LogP contribution in [0.5, 0.6) is 0 Å². The smallest absolute Gasteiger partial charge is 0.123 e. The first-order chi connectivity index (χ1) is 10.2. The molecule has 0 radical (unpaired) electrons. The zero-order valence-electron chi connectivity index (χ0n) is 12.9. The van der Waals surface area contributed by atoms with Crippen molar-refractivity contribution in [2.75, 3.05) is 6.54 Å². The third-order valence-corrected chi connectivity index (χ3v) is 3.76. The lowest BCUT2D eigenvalue weighted by atomic mass is 9.98. The number of nitrogens with one attached hydrogen (secondary N) is 1. The molecular formula is C19H24FN. The van der Waals surface area contributed by atoms with Gasteiger partial charge in [0.15, 0.2) is 0 Å². The van der Waals surface area contributed by atoms with Crippen molar-refractivity contribution in [3.05, 3.63) is 71.0 Å². The molecule has 0 saturated heterocycles. The van der Waals surface area contributed by atoms with Crippen molar-refractivity contribution in [2.24, 2.45) is 0 Å². The monoisotopic (exact) mass is 285 g/mol. The summed E-state index contributed by atoms with van der Waals surface area (Å²) in [7, 11) is 0. The van der Waals surface area contributed by atoms with Crippen LogP contribution in [0, 0.1) is 12.7 Å². The molecule has 1 nitrogen and oxygen atoms in total. The fraction of sp³-hybridized carbons (Fsp3) is 0.368. The van der Waals surface area contributed by atoms with Crippen molar-refractivity contribution < 1.29 is 4.39 Å². The Morgan fingerprint density at radius 2 is 1.67 bits per heavy atom. The van der Waals surface area contributed by atoms with Crippen LogP contribution in [0.3, 0.4) is 0 Å². The molecule has 0 aliphatic carbocycles. The number of hydrogen-bond acceptors (Lipinski definition) is 1. The highest BCUT2D eigenvalue weighted by molar-refractivity contribution is 5.23. The third kappa shape index (κ3) is 4.98. The molecule has 0 bridgehead atoms. The van der Waals surface area contributed by atoms with Crippen molar-refractivity contribution in [3.63, 3.8) is 0 Å². The minimum atomic E-state index is -0.175. The highest BCUT2D eigenvalue weighted by atomic mass is 19.1. The second-order valence-electron chi connectivity index (χ2n) is 5.58. The number of benzene rings is 2. The van der Waals surface area contributed by atoms with E-state index in [1.807, 2.05) is 12.1 Å². The average Bonchev–Trinajstić information content (AvgIpc) is 2.50. The highest BCUT2D eigenvalue weighted by Crippen LogP contribution is 2.20. The minimum Gasteiger partial charge on any atom is -0.310 e. The van der Waals surface area contributed by atoms with E-state index in [0.717, 1.165) is 31.4 Å². The summed E-state index contributed by atoms with van der Waals surface area (Å²) in [5, 5.41) is 3.56. The van der Waals surface area contributed by atoms with E-state index in [2.05, 4.69) is 43.4 Å². The van der Waals surface area contributed by atoms with E-state index in [1.54, 1.807) is 12.1 Å². The van der Waals surface area contributed by atoms with Crippen LogP contribution < -0.4 is 5.32 Å². The Kier molecular flexibility index (Phi) is 5.94. The molecule has 1 unspecified atom stereocenters. The molecule has 1 N–H and O–H groups in total. The summed E-state index contributed by atoms with van der Waals surface area (Å²) in [6.45, 7) is 5.25. The van der Waals surface area contributed by atoms with Crippen LogP contribution in [0.4, 0.5) is 4.39 Å². The molecule has 2 aromatic rings. The van der Waals surface area contributed by atoms with Crippen molar-refractivity contribution in [2.45, 2.75) is 39.2 Å². The lowest BCUT2D eigenvalue weighted by molar-refractivity contribution is 0.498. The first-order valence-corrected chi connectivity index (χ1v) is 7.73. The van der Waals surface area contributed by atoms with Crippen molar-refractivity contribution >= 4 is 0 Å². The normalized spacial score (nSPS) is 12.3. The van der Waals surface area contributed by atoms with Gasteiger partial charge in [0.25, 0.3) is 0 Å². The fourth-order valence-electron chi connectivity index (χ4n) is 2.47. The van der Waals surface area contributed by atoms with Crippen LogP contribution >= 0.6 is 0 Å². The maximum Gasteiger partial charge on any atom is 0.123 e. The van der Waals surface area contributed by atoms with Gasteiger partial charge in [-0.3, -0.25) is 0 Å². The predicted molar refractivity (Wildman–Crippen MR) is 86.9 cm³/mol. The van der Waals surface area contributed by atoms with E-state index in [4.69, 9.17) is 0 Å². The number of aryl methyl sites for hydroxylation is 2. The topological polar surface area (TPSA) is 12.0 Å². The summed E-state index contributed by atoms with van der Waals surface area (Å²) in [6.07, 6.45) is 3.15. The molecule has 2 aromatic carbocycles.